The lowest BCUT2D eigenvalue weighted by Crippen LogP contribution is -2.32. The zero-order valence-corrected chi connectivity index (χ0v) is 15.1. The van der Waals surface area contributed by atoms with Crippen LogP contribution in [-0.4, -0.2) is 37.7 Å². The maximum atomic E-state index is 12.5. The lowest BCUT2D eigenvalue weighted by Gasteiger charge is -2.14. The first kappa shape index (κ1) is 18.9. The van der Waals surface area contributed by atoms with E-state index >= 15 is 0 Å². The Kier molecular flexibility index (Phi) is 6.82. The summed E-state index contributed by atoms with van der Waals surface area (Å²) in [6, 6.07) is 16.3. The van der Waals surface area contributed by atoms with Gasteiger partial charge in [0, 0.05) is 13.2 Å². The van der Waals surface area contributed by atoms with Crippen molar-refractivity contribution in [2.45, 2.75) is 25.4 Å². The minimum atomic E-state index is -0.220. The molecule has 1 aliphatic heterocycles. The Labute approximate surface area is 158 Å². The first-order valence-electron chi connectivity index (χ1n) is 9.19. The summed E-state index contributed by atoms with van der Waals surface area (Å²) in [5.74, 6) is 0.298. The predicted octanol–water partition coefficient (Wildman–Crippen LogP) is 3.00. The third kappa shape index (κ3) is 5.82. The van der Waals surface area contributed by atoms with E-state index in [9.17, 15) is 9.59 Å². The molecule has 2 N–H and O–H groups in total. The highest BCUT2D eigenvalue weighted by Crippen LogP contribution is 2.16. The van der Waals surface area contributed by atoms with Gasteiger partial charge in [-0.15, -0.1) is 0 Å². The second kappa shape index (κ2) is 9.73. The van der Waals surface area contributed by atoms with Crippen LogP contribution in [0.3, 0.4) is 0 Å². The molecule has 0 spiro atoms. The first-order valence-corrected chi connectivity index (χ1v) is 9.19. The van der Waals surface area contributed by atoms with Gasteiger partial charge in [-0.25, -0.2) is 0 Å². The first-order chi connectivity index (χ1) is 13.2. The number of hydrogen-bond acceptors (Lipinski definition) is 4. The molecule has 3 rings (SSSR count). The van der Waals surface area contributed by atoms with E-state index in [1.165, 1.54) is 0 Å². The highest BCUT2D eigenvalue weighted by Gasteiger charge is 2.18. The number of nitrogens with one attached hydrogen (secondary N) is 2. The average Bonchev–Trinajstić information content (AvgIpc) is 3.21. The van der Waals surface area contributed by atoms with Gasteiger partial charge in [0.1, 0.15) is 5.75 Å². The summed E-state index contributed by atoms with van der Waals surface area (Å²) in [7, 11) is 0. The van der Waals surface area contributed by atoms with Gasteiger partial charge in [-0.2, -0.15) is 0 Å². The smallest absolute Gasteiger partial charge is 0.253 e. The molecule has 142 valence electrons. The van der Waals surface area contributed by atoms with E-state index in [4.69, 9.17) is 9.47 Å². The Balaban J connectivity index is 1.50. The number of carbonyl (C=O) groups excluding carboxylic acids is 2. The monoisotopic (exact) mass is 368 g/mol. The number of anilines is 1. The molecule has 0 bridgehead atoms. The van der Waals surface area contributed by atoms with Crippen molar-refractivity contribution in [1.29, 1.82) is 0 Å². The van der Waals surface area contributed by atoms with E-state index in [2.05, 4.69) is 10.6 Å². The van der Waals surface area contributed by atoms with Crippen molar-refractivity contribution in [3.05, 3.63) is 60.2 Å². The van der Waals surface area contributed by atoms with Crippen molar-refractivity contribution in [2.24, 2.45) is 0 Å². The molecule has 0 aliphatic carbocycles. The van der Waals surface area contributed by atoms with Gasteiger partial charge in [0.15, 0.2) is 0 Å². The van der Waals surface area contributed by atoms with Crippen LogP contribution in [0.1, 0.15) is 29.6 Å². The highest BCUT2D eigenvalue weighted by molar-refractivity contribution is 6.03. The Morgan fingerprint density at radius 1 is 1.07 bits per heavy atom. The van der Waals surface area contributed by atoms with Crippen LogP contribution in [0, 0.1) is 0 Å². The number of benzene rings is 2. The molecule has 27 heavy (non-hydrogen) atoms. The zero-order valence-electron chi connectivity index (χ0n) is 15.1. The van der Waals surface area contributed by atoms with E-state index in [0.717, 1.165) is 25.2 Å². The fourth-order valence-corrected chi connectivity index (χ4v) is 2.89. The van der Waals surface area contributed by atoms with E-state index in [-0.39, 0.29) is 30.9 Å². The molecule has 0 aromatic heterocycles. The molecular formula is C21H24N2O4. The summed E-state index contributed by atoms with van der Waals surface area (Å²) in [6.07, 6.45) is 2.25. The maximum Gasteiger partial charge on any atom is 0.253 e. The van der Waals surface area contributed by atoms with Crippen LogP contribution in [0.15, 0.2) is 54.6 Å². The van der Waals surface area contributed by atoms with Crippen LogP contribution >= 0.6 is 0 Å². The third-order valence-corrected chi connectivity index (χ3v) is 4.30. The molecule has 1 atom stereocenters. The largest absolute Gasteiger partial charge is 0.493 e. The van der Waals surface area contributed by atoms with Crippen molar-refractivity contribution in [2.75, 3.05) is 25.1 Å². The zero-order chi connectivity index (χ0) is 18.9. The molecule has 2 amide bonds. The molecular weight excluding hydrogens is 344 g/mol. The Morgan fingerprint density at radius 3 is 2.63 bits per heavy atom. The number of para-hydroxylation sites is 2. The molecule has 6 heteroatoms. The lowest BCUT2D eigenvalue weighted by molar-refractivity contribution is -0.116. The Bertz CT molecular complexity index is 758. The molecule has 2 aromatic rings. The second-order valence-electron chi connectivity index (χ2n) is 6.35. The van der Waals surface area contributed by atoms with Crippen LogP contribution in [0.2, 0.25) is 0 Å². The molecule has 6 nitrogen and oxygen atoms in total. The van der Waals surface area contributed by atoms with Gasteiger partial charge in [0.05, 0.1) is 30.4 Å². The SMILES string of the molecule is O=C(CCOc1ccccc1)Nc1ccccc1C(=O)NCC1CCCO1. The maximum absolute atomic E-state index is 12.5. The number of rotatable bonds is 8. The van der Waals surface area contributed by atoms with Crippen molar-refractivity contribution in [1.82, 2.24) is 5.32 Å². The van der Waals surface area contributed by atoms with Crippen LogP contribution in [0.25, 0.3) is 0 Å². The summed E-state index contributed by atoms with van der Waals surface area (Å²) in [5, 5.41) is 5.67. The van der Waals surface area contributed by atoms with Crippen LogP contribution in [0.4, 0.5) is 5.69 Å². The number of amides is 2. The van der Waals surface area contributed by atoms with Gasteiger partial charge in [0.2, 0.25) is 5.91 Å². The van der Waals surface area contributed by atoms with E-state index < -0.39 is 0 Å². The fraction of sp³-hybridized carbons (Fsp3) is 0.333. The Hall–Kier alpha value is -2.86. The Morgan fingerprint density at radius 2 is 1.85 bits per heavy atom. The minimum Gasteiger partial charge on any atom is -0.493 e. The number of hydrogen-bond donors (Lipinski definition) is 2. The number of carbonyl (C=O) groups is 2. The van der Waals surface area contributed by atoms with Crippen molar-refractivity contribution in [3.63, 3.8) is 0 Å². The van der Waals surface area contributed by atoms with Crippen LogP contribution in [0.5, 0.6) is 5.75 Å². The summed E-state index contributed by atoms with van der Waals surface area (Å²) < 4.78 is 11.0. The van der Waals surface area contributed by atoms with E-state index in [0.29, 0.717) is 17.8 Å². The topological polar surface area (TPSA) is 76.7 Å². The third-order valence-electron chi connectivity index (χ3n) is 4.30. The molecule has 1 heterocycles. The van der Waals surface area contributed by atoms with Crippen molar-refractivity contribution in [3.8, 4) is 5.75 Å². The highest BCUT2D eigenvalue weighted by atomic mass is 16.5. The van der Waals surface area contributed by atoms with Gasteiger partial charge < -0.3 is 20.1 Å². The summed E-state index contributed by atoms with van der Waals surface area (Å²) in [6.45, 7) is 1.49. The van der Waals surface area contributed by atoms with Gasteiger partial charge in [-0.1, -0.05) is 30.3 Å². The van der Waals surface area contributed by atoms with Gasteiger partial charge in [0.25, 0.3) is 5.91 Å². The molecule has 1 fully saturated rings. The lowest BCUT2D eigenvalue weighted by atomic mass is 10.1. The van der Waals surface area contributed by atoms with Crippen LogP contribution < -0.4 is 15.4 Å². The number of ether oxygens (including phenoxy) is 2. The molecule has 1 unspecified atom stereocenters. The molecule has 2 aromatic carbocycles. The van der Waals surface area contributed by atoms with Gasteiger partial charge in [-0.3, -0.25) is 9.59 Å². The quantitative estimate of drug-likeness (QED) is 0.751. The fourth-order valence-electron chi connectivity index (χ4n) is 2.89. The predicted molar refractivity (Wildman–Crippen MR) is 103 cm³/mol. The normalized spacial score (nSPS) is 15.9. The molecule has 0 saturated carbocycles. The second-order valence-corrected chi connectivity index (χ2v) is 6.35. The van der Waals surface area contributed by atoms with Gasteiger partial charge >= 0.3 is 0 Å². The summed E-state index contributed by atoms with van der Waals surface area (Å²) >= 11 is 0. The van der Waals surface area contributed by atoms with Gasteiger partial charge in [-0.05, 0) is 37.1 Å². The summed E-state index contributed by atoms with van der Waals surface area (Å²) in [4.78, 5) is 24.7. The van der Waals surface area contributed by atoms with E-state index in [1.54, 1.807) is 24.3 Å². The van der Waals surface area contributed by atoms with Crippen molar-refractivity contribution < 1.29 is 19.1 Å². The minimum absolute atomic E-state index is 0.0749. The summed E-state index contributed by atoms with van der Waals surface area (Å²) in [5.41, 5.74) is 0.930. The van der Waals surface area contributed by atoms with Crippen LogP contribution in [-0.2, 0) is 9.53 Å². The molecule has 1 aliphatic rings. The molecule has 0 radical (unpaired) electrons. The van der Waals surface area contributed by atoms with E-state index in [1.807, 2.05) is 30.3 Å². The van der Waals surface area contributed by atoms with Crippen molar-refractivity contribution >= 4 is 17.5 Å². The standard InChI is InChI=1S/C21H24N2O4/c24-20(12-14-27-16-7-2-1-3-8-16)23-19-11-5-4-10-18(19)21(25)22-15-17-9-6-13-26-17/h1-5,7-8,10-11,17H,6,9,12-15H2,(H,22,25)(H,23,24). The molecule has 1 saturated heterocycles. The average molecular weight is 368 g/mol.